The Morgan fingerprint density at radius 2 is 2.00 bits per heavy atom. The number of nitro groups is 1. The second-order valence-electron chi connectivity index (χ2n) is 3.70. The van der Waals surface area contributed by atoms with Crippen LogP contribution in [0.25, 0.3) is 0 Å². The Labute approximate surface area is 94.7 Å². The van der Waals surface area contributed by atoms with Crippen LogP contribution in [0.3, 0.4) is 0 Å². The molecule has 0 saturated carbocycles. The molecule has 0 aromatic carbocycles. The Bertz CT molecular complexity index is 219. The Balaban J connectivity index is 3.26. The minimum atomic E-state index is -0.851. The maximum atomic E-state index is 10.7. The first-order chi connectivity index (χ1) is 7.56. The van der Waals surface area contributed by atoms with Gasteiger partial charge in [0, 0.05) is 11.3 Å². The molecule has 16 heavy (non-hydrogen) atoms. The Kier molecular flexibility index (Phi) is 8.42. The van der Waals surface area contributed by atoms with Crippen LogP contribution in [0.1, 0.15) is 38.5 Å². The summed E-state index contributed by atoms with van der Waals surface area (Å²) >= 11 is 0. The van der Waals surface area contributed by atoms with Crippen LogP contribution in [0.4, 0.5) is 0 Å². The molecule has 0 aliphatic carbocycles. The lowest BCUT2D eigenvalue weighted by Crippen LogP contribution is -2.19. The number of carbonyl (C=O) groups is 1. The number of aliphatic hydroxyl groups is 1. The predicted octanol–water partition coefficient (Wildman–Crippen LogP) is 1.14. The van der Waals surface area contributed by atoms with Crippen molar-refractivity contribution in [3.63, 3.8) is 0 Å². The Morgan fingerprint density at radius 3 is 2.56 bits per heavy atom. The van der Waals surface area contributed by atoms with Gasteiger partial charge in [-0.1, -0.05) is 19.3 Å². The highest BCUT2D eigenvalue weighted by molar-refractivity contribution is 5.68. The molecule has 0 aromatic rings. The fourth-order valence-corrected chi connectivity index (χ4v) is 1.37. The third-order valence-electron chi connectivity index (χ3n) is 2.26. The van der Waals surface area contributed by atoms with Crippen LogP contribution in [0.2, 0.25) is 0 Å². The van der Waals surface area contributed by atoms with Gasteiger partial charge in [0.1, 0.15) is 6.10 Å². The monoisotopic (exact) mass is 233 g/mol. The number of hydrogen-bond donors (Lipinski definition) is 1. The average molecular weight is 233 g/mol. The van der Waals surface area contributed by atoms with Crippen molar-refractivity contribution in [2.24, 2.45) is 0 Å². The van der Waals surface area contributed by atoms with Gasteiger partial charge >= 0.3 is 5.97 Å². The van der Waals surface area contributed by atoms with Crippen molar-refractivity contribution in [3.8, 4) is 0 Å². The molecule has 1 N–H and O–H groups in total. The standard InChI is InChI=1S/C10H19NO5/c1-16-10(13)7-5-3-2-4-6-9(12)8-11(14)15/h9,12H,2-8H2,1H3/t9-/m0/s1. The van der Waals surface area contributed by atoms with E-state index >= 15 is 0 Å². The summed E-state index contributed by atoms with van der Waals surface area (Å²) in [4.78, 5) is 20.3. The molecular weight excluding hydrogens is 214 g/mol. The zero-order valence-corrected chi connectivity index (χ0v) is 9.55. The number of carbonyl (C=O) groups excluding carboxylic acids is 1. The quantitative estimate of drug-likeness (QED) is 0.279. The van der Waals surface area contributed by atoms with Gasteiger partial charge in [-0.05, 0) is 12.8 Å². The third-order valence-corrected chi connectivity index (χ3v) is 2.26. The van der Waals surface area contributed by atoms with Crippen molar-refractivity contribution < 1.29 is 19.6 Å². The van der Waals surface area contributed by atoms with E-state index < -0.39 is 11.0 Å². The summed E-state index contributed by atoms with van der Waals surface area (Å²) in [5.74, 6) is -0.214. The minimum absolute atomic E-state index is 0.214. The molecule has 0 heterocycles. The fraction of sp³-hybridized carbons (Fsp3) is 0.900. The number of unbranched alkanes of at least 4 members (excludes halogenated alkanes) is 3. The Morgan fingerprint density at radius 1 is 1.38 bits per heavy atom. The smallest absolute Gasteiger partial charge is 0.305 e. The maximum Gasteiger partial charge on any atom is 0.305 e. The first kappa shape index (κ1) is 14.8. The average Bonchev–Trinajstić information content (AvgIpc) is 2.21. The van der Waals surface area contributed by atoms with Crippen LogP contribution in [0, 0.1) is 10.1 Å². The highest BCUT2D eigenvalue weighted by Gasteiger charge is 2.10. The molecule has 0 rings (SSSR count). The first-order valence-corrected chi connectivity index (χ1v) is 5.43. The van der Waals surface area contributed by atoms with E-state index in [1.54, 1.807) is 0 Å². The van der Waals surface area contributed by atoms with Gasteiger partial charge in [-0.2, -0.15) is 0 Å². The molecule has 94 valence electrons. The van der Waals surface area contributed by atoms with Gasteiger partial charge in [0.05, 0.1) is 7.11 Å². The number of methoxy groups -OCH3 is 1. The number of ether oxygens (including phenoxy) is 1. The molecule has 0 bridgehead atoms. The maximum absolute atomic E-state index is 10.7. The normalized spacial score (nSPS) is 12.1. The van der Waals surface area contributed by atoms with Gasteiger partial charge < -0.3 is 9.84 Å². The lowest BCUT2D eigenvalue weighted by Gasteiger charge is -2.05. The molecule has 0 aliphatic heterocycles. The van der Waals surface area contributed by atoms with Crippen molar-refractivity contribution in [3.05, 3.63) is 10.1 Å². The second-order valence-corrected chi connectivity index (χ2v) is 3.70. The molecule has 0 aliphatic rings. The lowest BCUT2D eigenvalue weighted by atomic mass is 10.1. The summed E-state index contributed by atoms with van der Waals surface area (Å²) < 4.78 is 4.48. The van der Waals surface area contributed by atoms with Crippen molar-refractivity contribution in [1.82, 2.24) is 0 Å². The summed E-state index contributed by atoms with van der Waals surface area (Å²) in [6.07, 6.45) is 3.25. The summed E-state index contributed by atoms with van der Waals surface area (Å²) in [5, 5.41) is 19.2. The van der Waals surface area contributed by atoms with Crippen LogP contribution in [-0.4, -0.2) is 35.8 Å². The molecule has 6 nitrogen and oxygen atoms in total. The van der Waals surface area contributed by atoms with Crippen LogP contribution in [0.5, 0.6) is 0 Å². The van der Waals surface area contributed by atoms with E-state index in [-0.39, 0.29) is 12.5 Å². The van der Waals surface area contributed by atoms with E-state index in [0.717, 1.165) is 25.7 Å². The molecule has 1 atom stereocenters. The fourth-order valence-electron chi connectivity index (χ4n) is 1.37. The number of hydrogen-bond acceptors (Lipinski definition) is 5. The van der Waals surface area contributed by atoms with E-state index in [2.05, 4.69) is 4.74 Å². The summed E-state index contributed by atoms with van der Waals surface area (Å²) in [5.41, 5.74) is 0. The van der Waals surface area contributed by atoms with Gasteiger partial charge in [0.2, 0.25) is 6.54 Å². The minimum Gasteiger partial charge on any atom is -0.469 e. The highest BCUT2D eigenvalue weighted by Crippen LogP contribution is 2.08. The van der Waals surface area contributed by atoms with E-state index in [1.165, 1.54) is 7.11 Å². The van der Waals surface area contributed by atoms with Gasteiger partial charge in [0.25, 0.3) is 0 Å². The zero-order valence-electron chi connectivity index (χ0n) is 9.55. The SMILES string of the molecule is COC(=O)CCCCCC[C@H](O)C[N+](=O)[O-]. The van der Waals surface area contributed by atoms with Crippen molar-refractivity contribution in [1.29, 1.82) is 0 Å². The number of esters is 1. The first-order valence-electron chi connectivity index (χ1n) is 5.43. The van der Waals surface area contributed by atoms with Crippen molar-refractivity contribution in [2.45, 2.75) is 44.6 Å². The lowest BCUT2D eigenvalue weighted by molar-refractivity contribution is -0.490. The second kappa shape index (κ2) is 9.08. The molecule has 0 spiro atoms. The molecule has 0 saturated heterocycles. The van der Waals surface area contributed by atoms with Crippen LogP contribution >= 0.6 is 0 Å². The molecule has 0 amide bonds. The molecule has 0 radical (unpaired) electrons. The molecule has 6 heteroatoms. The Hall–Kier alpha value is -1.17. The molecule has 0 aromatic heterocycles. The van der Waals surface area contributed by atoms with Crippen molar-refractivity contribution >= 4 is 5.97 Å². The van der Waals surface area contributed by atoms with Crippen LogP contribution < -0.4 is 0 Å². The number of aliphatic hydroxyl groups excluding tert-OH is 1. The number of nitrogens with zero attached hydrogens (tertiary/aromatic N) is 1. The predicted molar refractivity (Wildman–Crippen MR) is 57.6 cm³/mol. The highest BCUT2D eigenvalue weighted by atomic mass is 16.6. The summed E-state index contributed by atoms with van der Waals surface area (Å²) in [7, 11) is 1.36. The van der Waals surface area contributed by atoms with E-state index in [1.807, 2.05) is 0 Å². The van der Waals surface area contributed by atoms with Gasteiger partial charge in [0.15, 0.2) is 0 Å². The third kappa shape index (κ3) is 9.39. The summed E-state index contributed by atoms with van der Waals surface area (Å²) in [6, 6.07) is 0. The van der Waals surface area contributed by atoms with Gasteiger partial charge in [-0.25, -0.2) is 0 Å². The molecule has 0 fully saturated rings. The van der Waals surface area contributed by atoms with Gasteiger partial charge in [-0.3, -0.25) is 14.9 Å². The van der Waals surface area contributed by atoms with E-state index in [0.29, 0.717) is 12.8 Å². The zero-order chi connectivity index (χ0) is 12.4. The number of rotatable bonds is 9. The largest absolute Gasteiger partial charge is 0.469 e. The molecule has 0 unspecified atom stereocenters. The molecular formula is C10H19NO5. The van der Waals surface area contributed by atoms with Crippen LogP contribution in [-0.2, 0) is 9.53 Å². The van der Waals surface area contributed by atoms with E-state index in [9.17, 15) is 20.0 Å². The van der Waals surface area contributed by atoms with Crippen molar-refractivity contribution in [2.75, 3.05) is 13.7 Å². The van der Waals surface area contributed by atoms with E-state index in [4.69, 9.17) is 0 Å². The van der Waals surface area contributed by atoms with Crippen LogP contribution in [0.15, 0.2) is 0 Å². The van der Waals surface area contributed by atoms with Gasteiger partial charge in [-0.15, -0.1) is 0 Å². The summed E-state index contributed by atoms with van der Waals surface area (Å²) in [6.45, 7) is -0.387. The topological polar surface area (TPSA) is 89.7 Å².